The molecule has 0 bridgehead atoms. The number of hydrogen-bond acceptors (Lipinski definition) is 5. The Kier molecular flexibility index (Phi) is 6.08. The van der Waals surface area contributed by atoms with Gasteiger partial charge in [0.05, 0.1) is 17.9 Å². The van der Waals surface area contributed by atoms with E-state index in [1.54, 1.807) is 24.8 Å². The van der Waals surface area contributed by atoms with Crippen molar-refractivity contribution >= 4 is 28.6 Å². The fourth-order valence-corrected chi connectivity index (χ4v) is 4.89. The number of carbonyl (C=O) groups excluding carboxylic acids is 1. The van der Waals surface area contributed by atoms with Gasteiger partial charge < -0.3 is 15.0 Å². The van der Waals surface area contributed by atoms with Crippen LogP contribution in [0.4, 0.5) is 4.39 Å². The van der Waals surface area contributed by atoms with Crippen LogP contribution in [-0.4, -0.2) is 33.8 Å². The lowest BCUT2D eigenvalue weighted by molar-refractivity contribution is -0.119. The van der Waals surface area contributed by atoms with E-state index in [0.717, 1.165) is 38.5 Å². The summed E-state index contributed by atoms with van der Waals surface area (Å²) in [5.74, 6) is 1.53. The smallest absolute Gasteiger partial charge is 0.261 e. The van der Waals surface area contributed by atoms with Crippen molar-refractivity contribution in [1.29, 1.82) is 0 Å². The summed E-state index contributed by atoms with van der Waals surface area (Å²) in [6.45, 7) is 2.13. The normalized spacial score (nSPS) is 21.9. The molecule has 8 heteroatoms. The van der Waals surface area contributed by atoms with Gasteiger partial charge in [0.1, 0.15) is 22.8 Å². The van der Waals surface area contributed by atoms with Crippen LogP contribution in [0.3, 0.4) is 0 Å². The molecule has 1 amide bonds. The lowest BCUT2D eigenvalue weighted by Crippen LogP contribution is -2.36. The van der Waals surface area contributed by atoms with Crippen molar-refractivity contribution in [2.45, 2.75) is 62.5 Å². The Balaban J connectivity index is 1.41. The molecule has 29 heavy (non-hydrogen) atoms. The first-order valence-electron chi connectivity index (χ1n) is 10.2. The van der Waals surface area contributed by atoms with E-state index in [-0.39, 0.29) is 17.3 Å². The van der Waals surface area contributed by atoms with Crippen molar-refractivity contribution in [3.8, 4) is 5.75 Å². The van der Waals surface area contributed by atoms with Gasteiger partial charge in [0.25, 0.3) is 5.56 Å². The van der Waals surface area contributed by atoms with Gasteiger partial charge in [-0.1, -0.05) is 0 Å². The van der Waals surface area contributed by atoms with Crippen LogP contribution in [0, 0.1) is 11.7 Å². The standard InChI is InChI=1S/C21H26FN3O3S/c1-12(26)23-14-4-6-16(7-5-14)29-11-19-24-18-9-15(28-10-13-2-3-13)8-17(22)20(18)21(27)25-19/h8-9,13-14,16H,2-7,10-11H2,1H3,(H,23,26)(H,24,25,27)/t14-,16+. The minimum atomic E-state index is -0.599. The number of amides is 1. The second-order valence-electron chi connectivity index (χ2n) is 8.05. The number of benzene rings is 1. The van der Waals surface area contributed by atoms with E-state index in [9.17, 15) is 14.0 Å². The van der Waals surface area contributed by atoms with Gasteiger partial charge in [-0.05, 0) is 44.4 Å². The van der Waals surface area contributed by atoms with Crippen molar-refractivity contribution in [1.82, 2.24) is 15.3 Å². The van der Waals surface area contributed by atoms with E-state index in [1.165, 1.54) is 6.07 Å². The zero-order chi connectivity index (χ0) is 20.4. The maximum atomic E-state index is 14.4. The summed E-state index contributed by atoms with van der Waals surface area (Å²) in [5, 5.41) is 3.42. The maximum absolute atomic E-state index is 14.4. The summed E-state index contributed by atoms with van der Waals surface area (Å²) >= 11 is 1.75. The number of fused-ring (bicyclic) bond motifs is 1. The Morgan fingerprint density at radius 2 is 2.03 bits per heavy atom. The molecule has 0 aliphatic heterocycles. The largest absolute Gasteiger partial charge is 0.493 e. The predicted molar refractivity (Wildman–Crippen MR) is 112 cm³/mol. The molecule has 0 spiro atoms. The molecule has 4 rings (SSSR count). The minimum absolute atomic E-state index is 0.0201. The predicted octanol–water partition coefficient (Wildman–Crippen LogP) is 3.53. The van der Waals surface area contributed by atoms with Gasteiger partial charge in [-0.15, -0.1) is 0 Å². The molecule has 2 aliphatic carbocycles. The topological polar surface area (TPSA) is 84.1 Å². The number of nitrogens with one attached hydrogen (secondary N) is 2. The highest BCUT2D eigenvalue weighted by Crippen LogP contribution is 2.32. The third-order valence-corrected chi connectivity index (χ3v) is 6.89. The Bertz CT molecular complexity index is 952. The average Bonchev–Trinajstić information content (AvgIpc) is 3.49. The Morgan fingerprint density at radius 1 is 1.28 bits per heavy atom. The fourth-order valence-electron chi connectivity index (χ4n) is 3.76. The second-order valence-corrected chi connectivity index (χ2v) is 9.34. The van der Waals surface area contributed by atoms with Crippen molar-refractivity contribution in [2.24, 2.45) is 5.92 Å². The van der Waals surface area contributed by atoms with E-state index in [1.807, 2.05) is 0 Å². The first kappa shape index (κ1) is 20.2. The summed E-state index contributed by atoms with van der Waals surface area (Å²) < 4.78 is 20.1. The summed E-state index contributed by atoms with van der Waals surface area (Å²) in [6.07, 6.45) is 6.27. The molecule has 2 saturated carbocycles. The fraction of sp³-hybridized carbons (Fsp3) is 0.571. The zero-order valence-corrected chi connectivity index (χ0v) is 17.3. The first-order valence-corrected chi connectivity index (χ1v) is 11.3. The number of thioether (sulfide) groups is 1. The SMILES string of the molecule is CC(=O)N[C@H]1CC[C@@H](SCc2nc3cc(OCC4CC4)cc(F)c3c(=O)[nH]2)CC1. The number of halogens is 1. The molecule has 2 aromatic rings. The number of aromatic amines is 1. The molecule has 0 atom stereocenters. The molecule has 0 saturated heterocycles. The van der Waals surface area contributed by atoms with E-state index in [0.29, 0.717) is 40.6 Å². The number of carbonyl (C=O) groups is 1. The molecule has 0 radical (unpaired) electrons. The van der Waals surface area contributed by atoms with Gasteiger partial charge in [-0.3, -0.25) is 9.59 Å². The van der Waals surface area contributed by atoms with Crippen LogP contribution in [0.5, 0.6) is 5.75 Å². The zero-order valence-electron chi connectivity index (χ0n) is 16.5. The molecule has 2 aliphatic rings. The summed E-state index contributed by atoms with van der Waals surface area (Å²) in [7, 11) is 0. The molecule has 0 unspecified atom stereocenters. The van der Waals surface area contributed by atoms with Crippen molar-refractivity contribution in [2.75, 3.05) is 6.61 Å². The number of rotatable bonds is 7. The third kappa shape index (κ3) is 5.29. The second kappa shape index (κ2) is 8.73. The molecule has 156 valence electrons. The molecule has 1 aromatic carbocycles. The molecule has 6 nitrogen and oxygen atoms in total. The highest BCUT2D eigenvalue weighted by molar-refractivity contribution is 7.99. The van der Waals surface area contributed by atoms with Crippen LogP contribution in [0.15, 0.2) is 16.9 Å². The lowest BCUT2D eigenvalue weighted by Gasteiger charge is -2.28. The highest BCUT2D eigenvalue weighted by atomic mass is 32.2. The highest BCUT2D eigenvalue weighted by Gasteiger charge is 2.23. The molecule has 1 aromatic heterocycles. The lowest BCUT2D eigenvalue weighted by atomic mass is 9.95. The summed E-state index contributed by atoms with van der Waals surface area (Å²) in [4.78, 5) is 30.8. The Labute approximate surface area is 173 Å². The third-order valence-electron chi connectivity index (χ3n) is 5.50. The maximum Gasteiger partial charge on any atom is 0.261 e. The quantitative estimate of drug-likeness (QED) is 0.717. The molecule has 2 N–H and O–H groups in total. The van der Waals surface area contributed by atoms with Gasteiger partial charge in [0.15, 0.2) is 0 Å². The van der Waals surface area contributed by atoms with Crippen LogP contribution in [0.2, 0.25) is 0 Å². The van der Waals surface area contributed by atoms with Crippen LogP contribution in [-0.2, 0) is 10.5 Å². The molecular formula is C21H26FN3O3S. The van der Waals surface area contributed by atoms with Crippen molar-refractivity contribution < 1.29 is 13.9 Å². The van der Waals surface area contributed by atoms with Crippen molar-refractivity contribution in [3.63, 3.8) is 0 Å². The summed E-state index contributed by atoms with van der Waals surface area (Å²) in [6, 6.07) is 3.19. The van der Waals surface area contributed by atoms with Crippen LogP contribution in [0.1, 0.15) is 51.3 Å². The number of hydrogen-bond donors (Lipinski definition) is 2. The average molecular weight is 420 g/mol. The van der Waals surface area contributed by atoms with Gasteiger partial charge in [-0.25, -0.2) is 9.37 Å². The molecular weight excluding hydrogens is 393 g/mol. The number of aromatic nitrogens is 2. The molecule has 1 heterocycles. The van der Waals surface area contributed by atoms with E-state index in [4.69, 9.17) is 4.74 Å². The van der Waals surface area contributed by atoms with E-state index >= 15 is 0 Å². The van der Waals surface area contributed by atoms with Crippen LogP contribution >= 0.6 is 11.8 Å². The molecule has 2 fully saturated rings. The number of nitrogens with zero attached hydrogens (tertiary/aromatic N) is 1. The minimum Gasteiger partial charge on any atom is -0.493 e. The van der Waals surface area contributed by atoms with Gasteiger partial charge in [0, 0.05) is 30.3 Å². The first-order chi connectivity index (χ1) is 14.0. The van der Waals surface area contributed by atoms with Gasteiger partial charge in [0.2, 0.25) is 5.91 Å². The number of H-pyrrole nitrogens is 1. The summed E-state index contributed by atoms with van der Waals surface area (Å²) in [5.41, 5.74) is -0.115. The van der Waals surface area contributed by atoms with Crippen molar-refractivity contribution in [3.05, 3.63) is 34.1 Å². The number of ether oxygens (including phenoxy) is 1. The van der Waals surface area contributed by atoms with E-state index < -0.39 is 11.4 Å². The van der Waals surface area contributed by atoms with Crippen LogP contribution < -0.4 is 15.6 Å². The van der Waals surface area contributed by atoms with E-state index in [2.05, 4.69) is 15.3 Å². The monoisotopic (exact) mass is 419 g/mol. The Hall–Kier alpha value is -2.09. The van der Waals surface area contributed by atoms with Crippen LogP contribution in [0.25, 0.3) is 10.9 Å². The Morgan fingerprint density at radius 3 is 2.72 bits per heavy atom. The van der Waals surface area contributed by atoms with Gasteiger partial charge >= 0.3 is 0 Å². The van der Waals surface area contributed by atoms with Gasteiger partial charge in [-0.2, -0.15) is 11.8 Å².